The zero-order chi connectivity index (χ0) is 15.1. The third kappa shape index (κ3) is 4.16. The molecule has 0 aliphatic heterocycles. The van der Waals surface area contributed by atoms with Gasteiger partial charge in [0.1, 0.15) is 5.82 Å². The number of benzene rings is 1. The highest BCUT2D eigenvalue weighted by molar-refractivity contribution is 6.02. The molecule has 2 N–H and O–H groups in total. The van der Waals surface area contributed by atoms with E-state index in [2.05, 4.69) is 17.2 Å². The van der Waals surface area contributed by atoms with Crippen molar-refractivity contribution in [2.24, 2.45) is 0 Å². The number of carbonyl (C=O) groups is 1. The highest BCUT2D eigenvalue weighted by Gasteiger charge is 2.08. The van der Waals surface area contributed by atoms with Crippen LogP contribution in [0.15, 0.2) is 30.3 Å². The highest BCUT2D eigenvalue weighted by Crippen LogP contribution is 2.19. The van der Waals surface area contributed by atoms with Crippen molar-refractivity contribution < 1.29 is 14.6 Å². The first-order valence-electron chi connectivity index (χ1n) is 7.17. The molecule has 0 bridgehead atoms. The number of ether oxygens (including phenoxy) is 1. The fraction of sp³-hybridized carbons (Fsp3) is 0.375. The summed E-state index contributed by atoms with van der Waals surface area (Å²) in [6, 6.07) is 8.68. The summed E-state index contributed by atoms with van der Waals surface area (Å²) in [5.74, 6) is -0.212. The van der Waals surface area contributed by atoms with E-state index in [4.69, 9.17) is 9.84 Å². The summed E-state index contributed by atoms with van der Waals surface area (Å²) in [5.41, 5.74) is 0.946. The van der Waals surface area contributed by atoms with E-state index in [0.717, 1.165) is 25.3 Å². The molecule has 0 atom stereocenters. The van der Waals surface area contributed by atoms with Gasteiger partial charge >= 0.3 is 5.97 Å². The molecule has 112 valence electrons. The molecule has 0 aliphatic rings. The Kier molecular flexibility index (Phi) is 5.51. The summed E-state index contributed by atoms with van der Waals surface area (Å²) in [6.07, 6.45) is 2.21. The molecular formula is C16H20N2O3. The topological polar surface area (TPSA) is 71.5 Å². The average Bonchev–Trinajstić information content (AvgIpc) is 2.49. The van der Waals surface area contributed by atoms with Gasteiger partial charge in [0.05, 0.1) is 17.7 Å². The Morgan fingerprint density at radius 3 is 2.90 bits per heavy atom. The number of pyridine rings is 1. The van der Waals surface area contributed by atoms with E-state index in [1.807, 2.05) is 6.07 Å². The molecular weight excluding hydrogens is 268 g/mol. The number of hydrogen-bond donors (Lipinski definition) is 2. The third-order valence-electron chi connectivity index (χ3n) is 3.16. The normalized spacial score (nSPS) is 10.7. The lowest BCUT2D eigenvalue weighted by Crippen LogP contribution is -2.11. The molecule has 2 aromatic rings. The zero-order valence-electron chi connectivity index (χ0n) is 12.1. The zero-order valence-corrected chi connectivity index (χ0v) is 12.1. The van der Waals surface area contributed by atoms with Crippen LogP contribution in [0.1, 0.15) is 30.1 Å². The molecule has 0 saturated carbocycles. The molecule has 1 aromatic carbocycles. The predicted octanol–water partition coefficient (Wildman–Crippen LogP) is 3.16. The van der Waals surface area contributed by atoms with E-state index in [9.17, 15) is 4.79 Å². The number of fused-ring (bicyclic) bond motifs is 1. The number of nitrogens with zero attached hydrogens (tertiary/aromatic N) is 1. The largest absolute Gasteiger partial charge is 0.478 e. The lowest BCUT2D eigenvalue weighted by Gasteiger charge is -2.08. The number of anilines is 1. The van der Waals surface area contributed by atoms with Gasteiger partial charge in [0.15, 0.2) is 0 Å². The summed E-state index contributed by atoms with van der Waals surface area (Å²) in [7, 11) is 0. The standard InChI is InChI=1S/C16H20N2O3/c1-2-3-10-21-11-9-17-15-8-7-12-13(16(19)20)5-4-6-14(12)18-15/h4-8H,2-3,9-11H2,1H3,(H,17,18)(H,19,20). The molecule has 0 spiro atoms. The van der Waals surface area contributed by atoms with Gasteiger partial charge < -0.3 is 15.2 Å². The number of unbranched alkanes of at least 4 members (excludes halogenated alkanes) is 1. The Bertz CT molecular complexity index is 613. The van der Waals surface area contributed by atoms with Crippen molar-refractivity contribution in [3.05, 3.63) is 35.9 Å². The van der Waals surface area contributed by atoms with Gasteiger partial charge in [0.25, 0.3) is 0 Å². The van der Waals surface area contributed by atoms with Gasteiger partial charge in [-0.1, -0.05) is 19.4 Å². The average molecular weight is 288 g/mol. The van der Waals surface area contributed by atoms with E-state index >= 15 is 0 Å². The molecule has 5 nitrogen and oxygen atoms in total. The Labute approximate surface area is 124 Å². The van der Waals surface area contributed by atoms with Crippen LogP contribution in [0.3, 0.4) is 0 Å². The molecule has 0 amide bonds. The second-order valence-corrected chi connectivity index (χ2v) is 4.77. The van der Waals surface area contributed by atoms with E-state index in [1.165, 1.54) is 0 Å². The summed E-state index contributed by atoms with van der Waals surface area (Å²) < 4.78 is 5.47. The molecule has 0 radical (unpaired) electrons. The van der Waals surface area contributed by atoms with Crippen LogP contribution in [-0.4, -0.2) is 35.8 Å². The van der Waals surface area contributed by atoms with Gasteiger partial charge in [-0.05, 0) is 30.7 Å². The predicted molar refractivity (Wildman–Crippen MR) is 82.9 cm³/mol. The molecule has 0 aliphatic carbocycles. The maximum Gasteiger partial charge on any atom is 0.336 e. The highest BCUT2D eigenvalue weighted by atomic mass is 16.5. The molecule has 0 fully saturated rings. The number of aromatic nitrogens is 1. The number of nitrogens with one attached hydrogen (secondary N) is 1. The molecule has 2 rings (SSSR count). The van der Waals surface area contributed by atoms with Crippen molar-refractivity contribution >= 4 is 22.7 Å². The number of carboxylic acids is 1. The summed E-state index contributed by atoms with van der Waals surface area (Å²) >= 11 is 0. The molecule has 5 heteroatoms. The first-order chi connectivity index (χ1) is 10.2. The minimum Gasteiger partial charge on any atom is -0.478 e. The van der Waals surface area contributed by atoms with Crippen LogP contribution in [0.4, 0.5) is 5.82 Å². The Morgan fingerprint density at radius 2 is 2.14 bits per heavy atom. The third-order valence-corrected chi connectivity index (χ3v) is 3.16. The van der Waals surface area contributed by atoms with E-state index in [-0.39, 0.29) is 5.56 Å². The number of rotatable bonds is 8. The van der Waals surface area contributed by atoms with E-state index in [1.54, 1.807) is 24.3 Å². The fourth-order valence-corrected chi connectivity index (χ4v) is 2.04. The minimum atomic E-state index is -0.938. The minimum absolute atomic E-state index is 0.273. The van der Waals surface area contributed by atoms with Gasteiger partial charge in [-0.2, -0.15) is 0 Å². The van der Waals surface area contributed by atoms with Crippen molar-refractivity contribution in [1.29, 1.82) is 0 Å². The molecule has 1 aromatic heterocycles. The van der Waals surface area contributed by atoms with Crippen LogP contribution in [0.25, 0.3) is 10.9 Å². The van der Waals surface area contributed by atoms with Crippen LogP contribution in [0.5, 0.6) is 0 Å². The van der Waals surface area contributed by atoms with Crippen molar-refractivity contribution in [3.8, 4) is 0 Å². The summed E-state index contributed by atoms with van der Waals surface area (Å²) in [5, 5.41) is 13.0. The number of carboxylic acid groups (broad SMARTS) is 1. The van der Waals surface area contributed by atoms with Gasteiger partial charge in [-0.3, -0.25) is 0 Å². The van der Waals surface area contributed by atoms with E-state index in [0.29, 0.717) is 24.1 Å². The SMILES string of the molecule is CCCCOCCNc1ccc2c(C(=O)O)cccc2n1. The Hall–Kier alpha value is -2.14. The second-order valence-electron chi connectivity index (χ2n) is 4.77. The lowest BCUT2D eigenvalue weighted by molar-refractivity contribution is 0.0699. The number of aromatic carboxylic acids is 1. The lowest BCUT2D eigenvalue weighted by atomic mass is 10.1. The Morgan fingerprint density at radius 1 is 1.29 bits per heavy atom. The van der Waals surface area contributed by atoms with Crippen LogP contribution in [-0.2, 0) is 4.74 Å². The monoisotopic (exact) mass is 288 g/mol. The molecule has 0 saturated heterocycles. The second kappa shape index (κ2) is 7.59. The van der Waals surface area contributed by atoms with Gasteiger partial charge in [0, 0.05) is 18.5 Å². The summed E-state index contributed by atoms with van der Waals surface area (Å²) in [6.45, 7) is 4.23. The molecule has 1 heterocycles. The maximum atomic E-state index is 11.1. The van der Waals surface area contributed by atoms with Gasteiger partial charge in [-0.15, -0.1) is 0 Å². The van der Waals surface area contributed by atoms with Crippen LogP contribution in [0.2, 0.25) is 0 Å². The van der Waals surface area contributed by atoms with Crippen LogP contribution in [0, 0.1) is 0 Å². The smallest absolute Gasteiger partial charge is 0.336 e. The fourth-order valence-electron chi connectivity index (χ4n) is 2.04. The van der Waals surface area contributed by atoms with Crippen molar-refractivity contribution in [1.82, 2.24) is 4.98 Å². The van der Waals surface area contributed by atoms with Crippen LogP contribution < -0.4 is 5.32 Å². The first-order valence-corrected chi connectivity index (χ1v) is 7.17. The van der Waals surface area contributed by atoms with Crippen molar-refractivity contribution in [2.45, 2.75) is 19.8 Å². The van der Waals surface area contributed by atoms with Crippen molar-refractivity contribution in [2.75, 3.05) is 25.1 Å². The molecule has 0 unspecified atom stereocenters. The molecule has 21 heavy (non-hydrogen) atoms. The van der Waals surface area contributed by atoms with E-state index < -0.39 is 5.97 Å². The van der Waals surface area contributed by atoms with Crippen molar-refractivity contribution in [3.63, 3.8) is 0 Å². The Balaban J connectivity index is 1.98. The first kappa shape index (κ1) is 15.3. The quantitative estimate of drug-likeness (QED) is 0.730. The van der Waals surface area contributed by atoms with Crippen LogP contribution >= 0.6 is 0 Å². The van der Waals surface area contributed by atoms with Gasteiger partial charge in [0.2, 0.25) is 0 Å². The summed E-state index contributed by atoms with van der Waals surface area (Å²) in [4.78, 5) is 15.6. The maximum absolute atomic E-state index is 11.1. The van der Waals surface area contributed by atoms with Gasteiger partial charge in [-0.25, -0.2) is 9.78 Å². The number of hydrogen-bond acceptors (Lipinski definition) is 4.